The first-order valence-corrected chi connectivity index (χ1v) is 12.6. The second kappa shape index (κ2) is 11.8. The van der Waals surface area contributed by atoms with Crippen LogP contribution >= 0.6 is 0 Å². The molecule has 1 aliphatic carbocycles. The van der Waals surface area contributed by atoms with Gasteiger partial charge in [-0.3, -0.25) is 9.69 Å². The van der Waals surface area contributed by atoms with Crippen molar-refractivity contribution in [1.29, 1.82) is 0 Å². The van der Waals surface area contributed by atoms with Crippen molar-refractivity contribution in [3.8, 4) is 5.75 Å². The maximum absolute atomic E-state index is 12.4. The van der Waals surface area contributed by atoms with Crippen LogP contribution in [0.3, 0.4) is 0 Å². The molecule has 1 saturated heterocycles. The number of methoxy groups -OCH3 is 2. The minimum atomic E-state index is -0.128. The lowest BCUT2D eigenvalue weighted by Gasteiger charge is -2.44. The summed E-state index contributed by atoms with van der Waals surface area (Å²) in [5.74, 6) is 0.930. The van der Waals surface area contributed by atoms with Crippen LogP contribution in [0.25, 0.3) is 6.08 Å². The maximum Gasteiger partial charge on any atom is 0.220 e. The van der Waals surface area contributed by atoms with E-state index in [0.717, 1.165) is 38.2 Å². The van der Waals surface area contributed by atoms with Crippen LogP contribution in [-0.4, -0.2) is 64.0 Å². The Balaban J connectivity index is 1.48. The van der Waals surface area contributed by atoms with E-state index in [1.807, 2.05) is 19.1 Å². The van der Waals surface area contributed by atoms with Gasteiger partial charge in [-0.25, -0.2) is 0 Å². The van der Waals surface area contributed by atoms with Gasteiger partial charge in [-0.1, -0.05) is 55.5 Å². The van der Waals surface area contributed by atoms with Crippen molar-refractivity contribution in [3.63, 3.8) is 0 Å². The number of hydrogen-bond donors (Lipinski definition) is 1. The van der Waals surface area contributed by atoms with Crippen molar-refractivity contribution < 1.29 is 19.0 Å². The number of nitrogens with one attached hydrogen (secondary N) is 1. The lowest BCUT2D eigenvalue weighted by atomic mass is 9.72. The normalized spacial score (nSPS) is 21.3. The van der Waals surface area contributed by atoms with E-state index in [4.69, 9.17) is 14.2 Å². The van der Waals surface area contributed by atoms with Crippen molar-refractivity contribution in [1.82, 2.24) is 10.2 Å². The van der Waals surface area contributed by atoms with Crippen molar-refractivity contribution in [2.45, 2.75) is 43.7 Å². The van der Waals surface area contributed by atoms with E-state index in [9.17, 15) is 4.79 Å². The summed E-state index contributed by atoms with van der Waals surface area (Å²) in [6, 6.07) is 16.6. The van der Waals surface area contributed by atoms with Gasteiger partial charge in [0.15, 0.2) is 0 Å². The lowest BCUT2D eigenvalue weighted by Crippen LogP contribution is -2.51. The van der Waals surface area contributed by atoms with Gasteiger partial charge in [0.05, 0.1) is 32.5 Å². The van der Waals surface area contributed by atoms with E-state index < -0.39 is 0 Å². The predicted molar refractivity (Wildman–Crippen MR) is 139 cm³/mol. The van der Waals surface area contributed by atoms with Crippen LogP contribution in [0.1, 0.15) is 48.9 Å². The summed E-state index contributed by atoms with van der Waals surface area (Å²) >= 11 is 0. The minimum absolute atomic E-state index is 0.0586. The third kappa shape index (κ3) is 5.61. The number of fused-ring (bicyclic) bond motifs is 2. The number of carbonyl (C=O) groups excluding carboxylic acids is 1. The molecular formula is C29H38N2O4. The van der Waals surface area contributed by atoms with Crippen LogP contribution in [0.2, 0.25) is 0 Å². The number of nitrogens with zero attached hydrogens (tertiary/aromatic N) is 1. The highest BCUT2D eigenvalue weighted by Gasteiger charge is 2.54. The van der Waals surface area contributed by atoms with Gasteiger partial charge in [0.2, 0.25) is 5.91 Å². The molecule has 188 valence electrons. The molecule has 1 spiro atoms. The summed E-state index contributed by atoms with van der Waals surface area (Å²) in [7, 11) is 3.38. The third-order valence-electron chi connectivity index (χ3n) is 7.44. The summed E-state index contributed by atoms with van der Waals surface area (Å²) in [6.45, 7) is 5.84. The average molecular weight is 479 g/mol. The molecule has 6 heteroatoms. The van der Waals surface area contributed by atoms with Gasteiger partial charge in [-0.15, -0.1) is 0 Å². The first-order valence-electron chi connectivity index (χ1n) is 12.6. The van der Waals surface area contributed by atoms with E-state index in [-0.39, 0.29) is 23.5 Å². The van der Waals surface area contributed by atoms with Crippen LogP contribution in [0.4, 0.5) is 0 Å². The maximum atomic E-state index is 12.4. The Bertz CT molecular complexity index is 996. The number of ether oxygens (including phenoxy) is 3. The molecular weight excluding hydrogens is 440 g/mol. The standard InChI is InChI=1S/C29H38N2O4/c1-4-26(32)30-27-24-9-5-6-10-25(24)29(28(27)35-21-20-33-2)15-18-31(19-16-29)17-7-8-22-11-13-23(34-3)14-12-22/h5-14,27-28H,4,15-21H2,1-3H3,(H,30,32)/t27-,28+/m1/s1. The Labute approximate surface area is 209 Å². The largest absolute Gasteiger partial charge is 0.497 e. The first kappa shape index (κ1) is 25.4. The summed E-state index contributed by atoms with van der Waals surface area (Å²) in [6.07, 6.45) is 6.76. The molecule has 6 nitrogen and oxygen atoms in total. The van der Waals surface area contributed by atoms with Crippen LogP contribution in [0.5, 0.6) is 5.75 Å². The number of likely N-dealkylation sites (tertiary alicyclic amines) is 1. The average Bonchev–Trinajstić information content (AvgIpc) is 3.14. The number of piperidine rings is 1. The van der Waals surface area contributed by atoms with Gasteiger partial charge in [-0.2, -0.15) is 0 Å². The number of rotatable bonds is 10. The predicted octanol–water partition coefficient (Wildman–Crippen LogP) is 4.35. The van der Waals surface area contributed by atoms with E-state index in [1.165, 1.54) is 16.7 Å². The van der Waals surface area contributed by atoms with Crippen molar-refractivity contribution in [2.75, 3.05) is 47.1 Å². The van der Waals surface area contributed by atoms with Gasteiger partial charge in [-0.05, 0) is 54.8 Å². The fraction of sp³-hybridized carbons (Fsp3) is 0.483. The van der Waals surface area contributed by atoms with Gasteiger partial charge in [0.25, 0.3) is 0 Å². The lowest BCUT2D eigenvalue weighted by molar-refractivity contribution is -0.124. The zero-order valence-electron chi connectivity index (χ0n) is 21.2. The molecule has 0 bridgehead atoms. The quantitative estimate of drug-likeness (QED) is 0.515. The van der Waals surface area contributed by atoms with Gasteiger partial charge in [0, 0.05) is 25.5 Å². The number of amides is 1. The Morgan fingerprint density at radius 3 is 2.51 bits per heavy atom. The highest BCUT2D eigenvalue weighted by atomic mass is 16.5. The van der Waals surface area contributed by atoms with Crippen molar-refractivity contribution >= 4 is 12.0 Å². The molecule has 0 aromatic heterocycles. The summed E-state index contributed by atoms with van der Waals surface area (Å²) in [4.78, 5) is 14.9. The number of carbonyl (C=O) groups is 1. The molecule has 1 heterocycles. The molecule has 1 fully saturated rings. The molecule has 1 N–H and O–H groups in total. The molecule has 2 aromatic carbocycles. The van der Waals surface area contributed by atoms with E-state index in [0.29, 0.717) is 19.6 Å². The molecule has 0 unspecified atom stereocenters. The topological polar surface area (TPSA) is 60.0 Å². The molecule has 0 radical (unpaired) electrons. The summed E-state index contributed by atoms with van der Waals surface area (Å²) < 4.78 is 17.0. The number of hydrogen-bond acceptors (Lipinski definition) is 5. The fourth-order valence-corrected chi connectivity index (χ4v) is 5.54. The Hall–Kier alpha value is -2.67. The first-order chi connectivity index (χ1) is 17.1. The van der Waals surface area contributed by atoms with E-state index in [2.05, 4.69) is 58.8 Å². The summed E-state index contributed by atoms with van der Waals surface area (Å²) in [5.41, 5.74) is 3.60. The molecule has 1 amide bonds. The Kier molecular flexibility index (Phi) is 8.60. The van der Waals surface area contributed by atoms with Crippen LogP contribution in [-0.2, 0) is 19.7 Å². The van der Waals surface area contributed by atoms with Gasteiger partial charge in [0.1, 0.15) is 5.75 Å². The Morgan fingerprint density at radius 1 is 1.09 bits per heavy atom. The monoisotopic (exact) mass is 478 g/mol. The fourth-order valence-electron chi connectivity index (χ4n) is 5.54. The van der Waals surface area contributed by atoms with E-state index in [1.54, 1.807) is 14.2 Å². The van der Waals surface area contributed by atoms with Crippen molar-refractivity contribution in [3.05, 3.63) is 71.3 Å². The molecule has 4 rings (SSSR count). The van der Waals surface area contributed by atoms with Crippen LogP contribution in [0.15, 0.2) is 54.6 Å². The molecule has 2 aromatic rings. The van der Waals surface area contributed by atoms with Gasteiger partial charge >= 0.3 is 0 Å². The third-order valence-corrected chi connectivity index (χ3v) is 7.44. The molecule has 35 heavy (non-hydrogen) atoms. The minimum Gasteiger partial charge on any atom is -0.497 e. The second-order valence-corrected chi connectivity index (χ2v) is 9.40. The SMILES string of the molecule is CCC(=O)N[C@@H]1c2ccccc2C2(CCN(CC=Cc3ccc(OC)cc3)CC2)[C@H]1OCCOC. The van der Waals surface area contributed by atoms with E-state index >= 15 is 0 Å². The smallest absolute Gasteiger partial charge is 0.220 e. The Morgan fingerprint density at radius 2 is 1.83 bits per heavy atom. The number of benzene rings is 2. The summed E-state index contributed by atoms with van der Waals surface area (Å²) in [5, 5.41) is 3.27. The van der Waals surface area contributed by atoms with Crippen LogP contribution < -0.4 is 10.1 Å². The zero-order valence-corrected chi connectivity index (χ0v) is 21.2. The second-order valence-electron chi connectivity index (χ2n) is 9.40. The highest BCUT2D eigenvalue weighted by Crippen LogP contribution is 2.52. The molecule has 2 atom stereocenters. The van der Waals surface area contributed by atoms with Crippen LogP contribution in [0, 0.1) is 0 Å². The zero-order chi connectivity index (χ0) is 24.7. The van der Waals surface area contributed by atoms with Gasteiger partial charge < -0.3 is 19.5 Å². The molecule has 2 aliphatic rings. The molecule has 0 saturated carbocycles. The highest BCUT2D eigenvalue weighted by molar-refractivity contribution is 5.76. The molecule has 1 aliphatic heterocycles. The van der Waals surface area contributed by atoms with Crippen molar-refractivity contribution in [2.24, 2.45) is 0 Å².